The van der Waals surface area contributed by atoms with E-state index in [4.69, 9.17) is 10.5 Å². The van der Waals surface area contributed by atoms with Crippen LogP contribution in [0.4, 0.5) is 5.82 Å². The quantitative estimate of drug-likeness (QED) is 0.860. The van der Waals surface area contributed by atoms with Crippen molar-refractivity contribution in [3.05, 3.63) is 39.7 Å². The molecule has 92 valence electrons. The summed E-state index contributed by atoms with van der Waals surface area (Å²) in [5.41, 5.74) is 5.78. The zero-order chi connectivity index (χ0) is 12.5. The lowest BCUT2D eigenvalue weighted by molar-refractivity contribution is 0.459. The number of nitrogen functional groups attached to an aromatic ring is 1. The molecule has 0 spiro atoms. The molecule has 0 amide bonds. The summed E-state index contributed by atoms with van der Waals surface area (Å²) in [6.45, 7) is 0. The van der Waals surface area contributed by atoms with Gasteiger partial charge >= 0.3 is 0 Å². The molecule has 0 atom stereocenters. The number of halogens is 1. The maximum Gasteiger partial charge on any atom is 0.224 e. The number of ether oxygens (including phenoxy) is 1. The van der Waals surface area contributed by atoms with Crippen molar-refractivity contribution in [2.24, 2.45) is 0 Å². The topological polar surface area (TPSA) is 61.0 Å². The third-order valence-corrected chi connectivity index (χ3v) is 3.37. The molecular weight excluding hydrogens is 341 g/mol. The largest absolute Gasteiger partial charge is 0.439 e. The van der Waals surface area contributed by atoms with Crippen molar-refractivity contribution in [3.63, 3.8) is 0 Å². The van der Waals surface area contributed by atoms with Crippen LogP contribution in [0.2, 0.25) is 0 Å². The van der Waals surface area contributed by atoms with E-state index in [1.54, 1.807) is 6.07 Å². The van der Waals surface area contributed by atoms with Crippen LogP contribution in [0.25, 0.3) is 0 Å². The second kappa shape index (κ2) is 4.72. The highest BCUT2D eigenvalue weighted by molar-refractivity contribution is 14.1. The van der Waals surface area contributed by atoms with Crippen molar-refractivity contribution in [2.45, 2.75) is 18.8 Å². The maximum absolute atomic E-state index is 5.78. The van der Waals surface area contributed by atoms with Gasteiger partial charge in [0.05, 0.1) is 0 Å². The van der Waals surface area contributed by atoms with Crippen molar-refractivity contribution >= 4 is 28.4 Å². The number of rotatable bonds is 3. The minimum absolute atomic E-state index is 0.465. The van der Waals surface area contributed by atoms with Crippen LogP contribution in [0, 0.1) is 3.57 Å². The molecule has 1 aliphatic rings. The van der Waals surface area contributed by atoms with Gasteiger partial charge in [-0.25, -0.2) is 4.98 Å². The fraction of sp³-hybridized carbons (Fsp3) is 0.231. The van der Waals surface area contributed by atoms with Gasteiger partial charge in [0, 0.05) is 15.6 Å². The highest BCUT2D eigenvalue weighted by atomic mass is 127. The smallest absolute Gasteiger partial charge is 0.224 e. The molecule has 1 aromatic heterocycles. The molecule has 0 aliphatic heterocycles. The van der Waals surface area contributed by atoms with Gasteiger partial charge in [-0.3, -0.25) is 0 Å². The summed E-state index contributed by atoms with van der Waals surface area (Å²) in [6, 6.07) is 9.47. The van der Waals surface area contributed by atoms with Crippen LogP contribution in [-0.2, 0) is 0 Å². The van der Waals surface area contributed by atoms with E-state index >= 15 is 0 Å². The molecule has 2 aromatic rings. The molecule has 0 bridgehead atoms. The normalized spacial score (nSPS) is 14.5. The van der Waals surface area contributed by atoms with E-state index in [-0.39, 0.29) is 0 Å². The molecule has 1 aliphatic carbocycles. The van der Waals surface area contributed by atoms with Crippen molar-refractivity contribution in [2.75, 3.05) is 5.73 Å². The molecule has 1 saturated carbocycles. The molecule has 1 fully saturated rings. The number of anilines is 1. The third-order valence-electron chi connectivity index (χ3n) is 2.70. The number of hydrogen-bond acceptors (Lipinski definition) is 4. The number of aromatic nitrogens is 2. The van der Waals surface area contributed by atoms with Gasteiger partial charge in [-0.05, 0) is 53.6 Å². The van der Waals surface area contributed by atoms with E-state index in [1.807, 2.05) is 24.3 Å². The Morgan fingerprint density at radius 1 is 1.22 bits per heavy atom. The first-order valence-electron chi connectivity index (χ1n) is 5.78. The molecule has 5 heteroatoms. The Morgan fingerprint density at radius 3 is 2.78 bits per heavy atom. The molecule has 3 rings (SSSR count). The SMILES string of the molecule is Nc1cc(Oc2cccc(I)c2)nc(C2CC2)n1. The first-order valence-corrected chi connectivity index (χ1v) is 6.86. The lowest BCUT2D eigenvalue weighted by Crippen LogP contribution is -2.00. The molecule has 1 heterocycles. The summed E-state index contributed by atoms with van der Waals surface area (Å²) >= 11 is 2.24. The van der Waals surface area contributed by atoms with Gasteiger partial charge in [-0.15, -0.1) is 0 Å². The summed E-state index contributed by atoms with van der Waals surface area (Å²) in [7, 11) is 0. The van der Waals surface area contributed by atoms with Gasteiger partial charge < -0.3 is 10.5 Å². The van der Waals surface area contributed by atoms with Gasteiger partial charge in [0.2, 0.25) is 5.88 Å². The predicted octanol–water partition coefficient (Wildman–Crippen LogP) is 3.33. The van der Waals surface area contributed by atoms with Gasteiger partial charge in [0.1, 0.15) is 17.4 Å². The van der Waals surface area contributed by atoms with Crippen molar-refractivity contribution in [1.29, 1.82) is 0 Å². The Balaban J connectivity index is 1.87. The number of nitrogens with zero attached hydrogens (tertiary/aromatic N) is 2. The molecule has 18 heavy (non-hydrogen) atoms. The van der Waals surface area contributed by atoms with E-state index in [0.717, 1.165) is 28.0 Å². The van der Waals surface area contributed by atoms with Crippen molar-refractivity contribution in [3.8, 4) is 11.6 Å². The van der Waals surface area contributed by atoms with Crippen LogP contribution in [0.5, 0.6) is 11.6 Å². The molecule has 0 unspecified atom stereocenters. The second-order valence-electron chi connectivity index (χ2n) is 4.32. The first kappa shape index (κ1) is 11.7. The Hall–Kier alpha value is -1.37. The fourth-order valence-electron chi connectivity index (χ4n) is 1.69. The van der Waals surface area contributed by atoms with Gasteiger partial charge in [0.15, 0.2) is 0 Å². The molecule has 0 radical (unpaired) electrons. The Kier molecular flexibility index (Phi) is 3.07. The number of hydrogen-bond donors (Lipinski definition) is 1. The predicted molar refractivity (Wildman–Crippen MR) is 77.7 cm³/mol. The third kappa shape index (κ3) is 2.72. The van der Waals surface area contributed by atoms with E-state index in [1.165, 1.54) is 0 Å². The van der Waals surface area contributed by atoms with E-state index < -0.39 is 0 Å². The summed E-state index contributed by atoms with van der Waals surface area (Å²) in [4.78, 5) is 8.64. The van der Waals surface area contributed by atoms with Gasteiger partial charge in [-0.1, -0.05) is 6.07 Å². The Morgan fingerprint density at radius 2 is 2.06 bits per heavy atom. The summed E-state index contributed by atoms with van der Waals surface area (Å²) in [5, 5.41) is 0. The minimum atomic E-state index is 0.465. The summed E-state index contributed by atoms with van der Waals surface area (Å²) < 4.78 is 6.84. The van der Waals surface area contributed by atoms with Crippen LogP contribution < -0.4 is 10.5 Å². The summed E-state index contributed by atoms with van der Waals surface area (Å²) in [6.07, 6.45) is 2.29. The number of benzene rings is 1. The van der Waals surface area contributed by atoms with Gasteiger partial charge in [0.25, 0.3) is 0 Å². The lowest BCUT2D eigenvalue weighted by Gasteiger charge is -2.07. The summed E-state index contributed by atoms with van der Waals surface area (Å²) in [5.74, 6) is 3.02. The van der Waals surface area contributed by atoms with Crippen LogP contribution >= 0.6 is 22.6 Å². The van der Waals surface area contributed by atoms with Gasteiger partial charge in [-0.2, -0.15) is 4.98 Å². The van der Waals surface area contributed by atoms with E-state index in [2.05, 4.69) is 32.6 Å². The Bertz CT molecular complexity index is 584. The first-order chi connectivity index (χ1) is 8.70. The van der Waals surface area contributed by atoms with Crippen molar-refractivity contribution in [1.82, 2.24) is 9.97 Å². The highest BCUT2D eigenvalue weighted by Crippen LogP contribution is 2.39. The second-order valence-corrected chi connectivity index (χ2v) is 5.57. The average molecular weight is 353 g/mol. The standard InChI is InChI=1S/C13H12IN3O/c14-9-2-1-3-10(6-9)18-12-7-11(15)16-13(17-12)8-4-5-8/h1-3,6-8H,4-5H2,(H2,15,16,17). The van der Waals surface area contributed by atoms with Crippen LogP contribution in [0.1, 0.15) is 24.6 Å². The monoisotopic (exact) mass is 353 g/mol. The lowest BCUT2D eigenvalue weighted by atomic mass is 10.3. The molecule has 0 saturated heterocycles. The minimum Gasteiger partial charge on any atom is -0.439 e. The fourth-order valence-corrected chi connectivity index (χ4v) is 2.20. The van der Waals surface area contributed by atoms with Crippen LogP contribution in [0.3, 0.4) is 0 Å². The molecule has 2 N–H and O–H groups in total. The molecule has 4 nitrogen and oxygen atoms in total. The Labute approximate surface area is 119 Å². The van der Waals surface area contributed by atoms with Crippen LogP contribution in [0.15, 0.2) is 30.3 Å². The zero-order valence-corrected chi connectivity index (χ0v) is 11.8. The zero-order valence-electron chi connectivity index (χ0n) is 9.64. The highest BCUT2D eigenvalue weighted by Gasteiger charge is 2.27. The molecule has 1 aromatic carbocycles. The number of nitrogens with two attached hydrogens (primary N) is 1. The average Bonchev–Trinajstić information content (AvgIpc) is 3.11. The van der Waals surface area contributed by atoms with E-state index in [9.17, 15) is 0 Å². The maximum atomic E-state index is 5.78. The molecular formula is C13H12IN3O. The van der Waals surface area contributed by atoms with E-state index in [0.29, 0.717) is 17.6 Å². The van der Waals surface area contributed by atoms with Crippen LogP contribution in [-0.4, -0.2) is 9.97 Å². The van der Waals surface area contributed by atoms with Crippen molar-refractivity contribution < 1.29 is 4.74 Å².